The summed E-state index contributed by atoms with van der Waals surface area (Å²) in [6.07, 6.45) is 0. The Kier molecular flexibility index (Phi) is 5.34. The topological polar surface area (TPSA) is 41.6 Å². The monoisotopic (exact) mass is 300 g/mol. The summed E-state index contributed by atoms with van der Waals surface area (Å²) in [5.41, 5.74) is 0.719. The molecule has 1 aromatic rings. The van der Waals surface area contributed by atoms with Gasteiger partial charge in [-0.1, -0.05) is 11.6 Å². The van der Waals surface area contributed by atoms with Gasteiger partial charge >= 0.3 is 0 Å². The lowest BCUT2D eigenvalue weighted by atomic mass is 10.2. The lowest BCUT2D eigenvalue weighted by Crippen LogP contribution is -2.49. The Labute approximate surface area is 122 Å². The maximum absolute atomic E-state index is 13.2. The van der Waals surface area contributed by atoms with Crippen molar-refractivity contribution in [1.82, 2.24) is 10.2 Å². The number of morpholine rings is 1. The van der Waals surface area contributed by atoms with Crippen LogP contribution in [-0.4, -0.2) is 43.2 Å². The first kappa shape index (κ1) is 15.2. The third-order valence-electron chi connectivity index (χ3n) is 3.23. The van der Waals surface area contributed by atoms with Gasteiger partial charge in [0.05, 0.1) is 19.3 Å². The van der Waals surface area contributed by atoms with Gasteiger partial charge in [-0.3, -0.25) is 4.79 Å². The molecule has 6 heteroatoms. The molecular formula is C14H18ClFN2O2. The molecule has 1 aliphatic heterocycles. The Bertz CT molecular complexity index is 458. The first-order valence-electron chi connectivity index (χ1n) is 6.61. The number of hydrogen-bond donors (Lipinski definition) is 1. The van der Waals surface area contributed by atoms with E-state index < -0.39 is 0 Å². The van der Waals surface area contributed by atoms with Crippen LogP contribution in [0.2, 0.25) is 5.02 Å². The van der Waals surface area contributed by atoms with Gasteiger partial charge in [0, 0.05) is 24.7 Å². The number of hydrogen-bond acceptors (Lipinski definition) is 3. The van der Waals surface area contributed by atoms with Crippen LogP contribution in [0.5, 0.6) is 0 Å². The van der Waals surface area contributed by atoms with E-state index in [1.807, 2.05) is 0 Å². The van der Waals surface area contributed by atoms with Crippen molar-refractivity contribution in [2.45, 2.75) is 19.5 Å². The van der Waals surface area contributed by atoms with Crippen LogP contribution in [0.4, 0.5) is 4.39 Å². The van der Waals surface area contributed by atoms with Gasteiger partial charge in [-0.15, -0.1) is 0 Å². The molecule has 0 bridgehead atoms. The van der Waals surface area contributed by atoms with Crippen molar-refractivity contribution in [2.75, 3.05) is 26.3 Å². The highest BCUT2D eigenvalue weighted by Crippen LogP contribution is 2.14. The smallest absolute Gasteiger partial charge is 0.239 e. The quantitative estimate of drug-likeness (QED) is 0.922. The van der Waals surface area contributed by atoms with E-state index in [0.717, 1.165) is 5.56 Å². The molecule has 0 spiro atoms. The number of ether oxygens (including phenoxy) is 1. The maximum Gasteiger partial charge on any atom is 0.239 e. The molecule has 20 heavy (non-hydrogen) atoms. The predicted molar refractivity (Wildman–Crippen MR) is 75.1 cm³/mol. The highest BCUT2D eigenvalue weighted by atomic mass is 35.5. The largest absolute Gasteiger partial charge is 0.378 e. The van der Waals surface area contributed by atoms with E-state index in [-0.39, 0.29) is 17.8 Å². The fourth-order valence-corrected chi connectivity index (χ4v) is 2.37. The first-order valence-corrected chi connectivity index (χ1v) is 6.99. The van der Waals surface area contributed by atoms with Crippen LogP contribution in [0.3, 0.4) is 0 Å². The zero-order chi connectivity index (χ0) is 14.5. The van der Waals surface area contributed by atoms with E-state index in [1.54, 1.807) is 17.9 Å². The molecule has 1 amide bonds. The fraction of sp³-hybridized carbons (Fsp3) is 0.500. The van der Waals surface area contributed by atoms with Crippen LogP contribution in [0.1, 0.15) is 12.5 Å². The zero-order valence-corrected chi connectivity index (χ0v) is 12.1. The number of rotatable bonds is 4. The van der Waals surface area contributed by atoms with Gasteiger partial charge in [0.15, 0.2) is 0 Å². The summed E-state index contributed by atoms with van der Waals surface area (Å²) in [5.74, 6) is -0.336. The summed E-state index contributed by atoms with van der Waals surface area (Å²) in [6.45, 7) is 4.61. The minimum atomic E-state index is -0.374. The van der Waals surface area contributed by atoms with Gasteiger partial charge < -0.3 is 15.0 Å². The molecule has 0 aromatic heterocycles. The molecule has 0 saturated carbocycles. The third-order valence-corrected chi connectivity index (χ3v) is 3.45. The molecule has 1 atom stereocenters. The molecular weight excluding hydrogens is 283 g/mol. The number of carbonyl (C=O) groups is 1. The van der Waals surface area contributed by atoms with Crippen LogP contribution in [0, 0.1) is 5.82 Å². The summed E-state index contributed by atoms with van der Waals surface area (Å²) in [4.78, 5) is 13.9. The number of halogens is 2. The zero-order valence-electron chi connectivity index (χ0n) is 11.4. The molecule has 1 saturated heterocycles. The second-order valence-electron chi connectivity index (χ2n) is 4.82. The van der Waals surface area contributed by atoms with Crippen LogP contribution in [0.25, 0.3) is 0 Å². The van der Waals surface area contributed by atoms with Crippen LogP contribution >= 0.6 is 11.6 Å². The van der Waals surface area contributed by atoms with E-state index in [9.17, 15) is 9.18 Å². The van der Waals surface area contributed by atoms with Crippen LogP contribution in [0.15, 0.2) is 18.2 Å². The average Bonchev–Trinajstić information content (AvgIpc) is 2.44. The number of benzene rings is 1. The lowest BCUT2D eigenvalue weighted by Gasteiger charge is -2.29. The minimum Gasteiger partial charge on any atom is -0.378 e. The normalized spacial score (nSPS) is 17.1. The average molecular weight is 301 g/mol. The van der Waals surface area contributed by atoms with Gasteiger partial charge in [-0.05, 0) is 30.7 Å². The van der Waals surface area contributed by atoms with Crippen molar-refractivity contribution < 1.29 is 13.9 Å². The van der Waals surface area contributed by atoms with Gasteiger partial charge in [-0.25, -0.2) is 4.39 Å². The second-order valence-corrected chi connectivity index (χ2v) is 5.25. The Hall–Kier alpha value is -1.17. The minimum absolute atomic E-state index is 0.0378. The highest BCUT2D eigenvalue weighted by Gasteiger charge is 2.21. The standard InChI is InChI=1S/C14H18ClFN2O2/c1-10(14(19)18-2-4-20-5-3-18)17-9-11-6-12(15)8-13(16)7-11/h6-8,10,17H,2-5,9H2,1H3. The third kappa shape index (κ3) is 4.16. The summed E-state index contributed by atoms with van der Waals surface area (Å²) in [5, 5.41) is 3.45. The molecule has 1 aromatic carbocycles. The number of nitrogens with zero attached hydrogens (tertiary/aromatic N) is 1. The molecule has 2 rings (SSSR count). The second kappa shape index (κ2) is 7.02. The summed E-state index contributed by atoms with van der Waals surface area (Å²) in [6, 6.07) is 4.03. The Morgan fingerprint density at radius 1 is 1.45 bits per heavy atom. The predicted octanol–water partition coefficient (Wildman–Crippen LogP) is 1.82. The number of carbonyl (C=O) groups excluding carboxylic acids is 1. The van der Waals surface area contributed by atoms with Crippen LogP contribution in [-0.2, 0) is 16.1 Å². The number of amides is 1. The molecule has 0 aliphatic carbocycles. The highest BCUT2D eigenvalue weighted by molar-refractivity contribution is 6.30. The van der Waals surface area contributed by atoms with Gasteiger partial charge in [0.25, 0.3) is 0 Å². The lowest BCUT2D eigenvalue weighted by molar-refractivity contribution is -0.137. The Morgan fingerprint density at radius 3 is 2.80 bits per heavy atom. The summed E-state index contributed by atoms with van der Waals surface area (Å²) >= 11 is 5.79. The Morgan fingerprint density at radius 2 is 2.15 bits per heavy atom. The van der Waals surface area contributed by atoms with E-state index in [4.69, 9.17) is 16.3 Å². The van der Waals surface area contributed by atoms with E-state index in [0.29, 0.717) is 37.9 Å². The van der Waals surface area contributed by atoms with Crippen molar-refractivity contribution in [3.8, 4) is 0 Å². The van der Waals surface area contributed by atoms with Crippen LogP contribution < -0.4 is 5.32 Å². The fourth-order valence-electron chi connectivity index (χ4n) is 2.13. The molecule has 1 aliphatic rings. The summed E-state index contributed by atoms with van der Waals surface area (Å²) < 4.78 is 18.4. The van der Waals surface area contributed by atoms with E-state index in [2.05, 4.69) is 5.32 Å². The molecule has 1 heterocycles. The number of nitrogens with one attached hydrogen (secondary N) is 1. The molecule has 110 valence electrons. The molecule has 0 radical (unpaired) electrons. The van der Waals surface area contributed by atoms with E-state index in [1.165, 1.54) is 12.1 Å². The van der Waals surface area contributed by atoms with Crippen molar-refractivity contribution in [1.29, 1.82) is 0 Å². The first-order chi connectivity index (χ1) is 9.56. The van der Waals surface area contributed by atoms with Gasteiger partial charge in [0.2, 0.25) is 5.91 Å². The molecule has 1 fully saturated rings. The summed E-state index contributed by atoms with van der Waals surface area (Å²) in [7, 11) is 0. The Balaban J connectivity index is 1.87. The molecule has 4 nitrogen and oxygen atoms in total. The van der Waals surface area contributed by atoms with Crippen molar-refractivity contribution >= 4 is 17.5 Å². The van der Waals surface area contributed by atoms with Crippen molar-refractivity contribution in [3.05, 3.63) is 34.6 Å². The van der Waals surface area contributed by atoms with Gasteiger partial charge in [0.1, 0.15) is 5.82 Å². The van der Waals surface area contributed by atoms with Gasteiger partial charge in [-0.2, -0.15) is 0 Å². The maximum atomic E-state index is 13.2. The molecule has 1 N–H and O–H groups in total. The SMILES string of the molecule is CC(NCc1cc(F)cc(Cl)c1)C(=O)N1CCOCC1. The van der Waals surface area contributed by atoms with E-state index >= 15 is 0 Å². The van der Waals surface area contributed by atoms with Crippen molar-refractivity contribution in [3.63, 3.8) is 0 Å². The molecule has 1 unspecified atom stereocenters. The van der Waals surface area contributed by atoms with Crippen molar-refractivity contribution in [2.24, 2.45) is 0 Å².